The molecule has 1 N–H and O–H groups in total. The molecule has 3 aromatic carbocycles. The van der Waals surface area contributed by atoms with Crippen LogP contribution in [0.5, 0.6) is 0 Å². The first-order valence-corrected chi connectivity index (χ1v) is 16.4. The van der Waals surface area contributed by atoms with Crippen LogP contribution in [-0.2, 0) is 39.0 Å². The van der Waals surface area contributed by atoms with Gasteiger partial charge in [0.15, 0.2) is 0 Å². The number of rotatable bonds is 12. The van der Waals surface area contributed by atoms with Gasteiger partial charge in [-0.15, -0.1) is 0 Å². The van der Waals surface area contributed by atoms with E-state index in [1.165, 1.54) is 11.0 Å². The van der Waals surface area contributed by atoms with Gasteiger partial charge in [-0.05, 0) is 42.5 Å². The number of hydrogen-bond acceptors (Lipinski definition) is 4. The van der Waals surface area contributed by atoms with E-state index in [2.05, 4.69) is 5.32 Å². The van der Waals surface area contributed by atoms with Crippen LogP contribution >= 0.6 is 0 Å². The first kappa shape index (κ1) is 31.2. The summed E-state index contributed by atoms with van der Waals surface area (Å²) in [6, 6.07) is 21.6. The maximum atomic E-state index is 14.9. The van der Waals surface area contributed by atoms with Gasteiger partial charge in [0.2, 0.25) is 21.8 Å². The number of nitrogens with zero attached hydrogens (tertiary/aromatic N) is 2. The summed E-state index contributed by atoms with van der Waals surface area (Å²) in [5.41, 5.74) is 2.26. The number of nitrogens with one attached hydrogen (secondary N) is 1. The highest BCUT2D eigenvalue weighted by atomic mass is 32.2. The molecule has 1 unspecified atom stereocenters. The Bertz CT molecular complexity index is 1460. The molecule has 0 radical (unpaired) electrons. The van der Waals surface area contributed by atoms with Gasteiger partial charge in [0.25, 0.3) is 0 Å². The molecular weight excluding hydrogens is 553 g/mol. The zero-order valence-corrected chi connectivity index (χ0v) is 25.2. The number of carbonyl (C=O) groups excluding carboxylic acids is 2. The lowest BCUT2D eigenvalue weighted by molar-refractivity contribution is -0.140. The number of anilines is 1. The quantitative estimate of drug-likeness (QED) is 0.311. The summed E-state index contributed by atoms with van der Waals surface area (Å²) in [4.78, 5) is 29.5. The molecule has 1 fully saturated rings. The fourth-order valence-corrected chi connectivity index (χ4v) is 6.44. The average Bonchev–Trinajstić information content (AvgIpc) is 2.99. The molecule has 42 heavy (non-hydrogen) atoms. The molecule has 7 nitrogen and oxygen atoms in total. The molecule has 0 spiro atoms. The number of benzene rings is 3. The first-order chi connectivity index (χ1) is 20.2. The first-order valence-electron chi connectivity index (χ1n) is 14.6. The van der Waals surface area contributed by atoms with Crippen LogP contribution in [0.25, 0.3) is 0 Å². The van der Waals surface area contributed by atoms with Gasteiger partial charge in [-0.1, -0.05) is 92.9 Å². The minimum Gasteiger partial charge on any atom is -0.352 e. The molecule has 0 saturated heterocycles. The lowest BCUT2D eigenvalue weighted by Crippen LogP contribution is -2.55. The Morgan fingerprint density at radius 3 is 2.17 bits per heavy atom. The summed E-state index contributed by atoms with van der Waals surface area (Å²) in [6.07, 6.45) is 6.71. The third-order valence-electron chi connectivity index (χ3n) is 7.84. The fraction of sp³-hybridized carbons (Fsp3) is 0.394. The smallest absolute Gasteiger partial charge is 0.244 e. The zero-order chi connectivity index (χ0) is 30.1. The average molecular weight is 594 g/mol. The van der Waals surface area contributed by atoms with E-state index in [0.717, 1.165) is 53.8 Å². The normalized spacial score (nSPS) is 14.6. The summed E-state index contributed by atoms with van der Waals surface area (Å²) >= 11 is 0. The number of carbonyl (C=O) groups is 2. The van der Waals surface area contributed by atoms with E-state index in [1.54, 1.807) is 30.3 Å². The Morgan fingerprint density at radius 1 is 0.905 bits per heavy atom. The van der Waals surface area contributed by atoms with E-state index in [-0.39, 0.29) is 30.5 Å². The summed E-state index contributed by atoms with van der Waals surface area (Å²) < 4.78 is 42.1. The summed E-state index contributed by atoms with van der Waals surface area (Å²) in [6.45, 7) is 1.21. The van der Waals surface area contributed by atoms with Crippen molar-refractivity contribution < 1.29 is 22.4 Å². The van der Waals surface area contributed by atoms with Crippen LogP contribution in [0.1, 0.15) is 55.7 Å². The maximum absolute atomic E-state index is 14.9. The second-order valence-electron chi connectivity index (χ2n) is 10.9. The number of amides is 2. The van der Waals surface area contributed by atoms with Gasteiger partial charge in [-0.2, -0.15) is 0 Å². The van der Waals surface area contributed by atoms with E-state index >= 15 is 0 Å². The molecular formula is C33H40FN3O4S. The van der Waals surface area contributed by atoms with Crippen LogP contribution < -0.4 is 9.62 Å². The number of aryl methyl sites for hydroxylation is 1. The third kappa shape index (κ3) is 8.18. The van der Waals surface area contributed by atoms with Gasteiger partial charge in [0.05, 0.1) is 11.9 Å². The van der Waals surface area contributed by atoms with Crippen LogP contribution in [0.3, 0.4) is 0 Å². The predicted octanol–water partition coefficient (Wildman–Crippen LogP) is 5.24. The summed E-state index contributed by atoms with van der Waals surface area (Å²) in [7, 11) is -3.88. The van der Waals surface area contributed by atoms with Crippen molar-refractivity contribution in [3.63, 3.8) is 0 Å². The molecule has 9 heteroatoms. The Morgan fingerprint density at radius 2 is 1.52 bits per heavy atom. The van der Waals surface area contributed by atoms with Crippen molar-refractivity contribution >= 4 is 27.5 Å². The van der Waals surface area contributed by atoms with Crippen LogP contribution in [0.4, 0.5) is 10.1 Å². The molecule has 1 aliphatic carbocycles. The van der Waals surface area contributed by atoms with E-state index < -0.39 is 34.3 Å². The lowest BCUT2D eigenvalue weighted by Gasteiger charge is -2.35. The molecule has 0 bridgehead atoms. The van der Waals surface area contributed by atoms with Crippen LogP contribution in [0.15, 0.2) is 78.9 Å². The van der Waals surface area contributed by atoms with Gasteiger partial charge in [-0.3, -0.25) is 13.9 Å². The minimum atomic E-state index is -3.88. The van der Waals surface area contributed by atoms with Crippen molar-refractivity contribution in [2.45, 2.75) is 70.5 Å². The number of hydrogen-bond donors (Lipinski definition) is 1. The molecule has 0 aromatic heterocycles. The van der Waals surface area contributed by atoms with Crippen molar-refractivity contribution in [1.82, 2.24) is 10.2 Å². The summed E-state index contributed by atoms with van der Waals surface area (Å²) in [5.74, 6) is -1.41. The topological polar surface area (TPSA) is 86.8 Å². The molecule has 2 amide bonds. The summed E-state index contributed by atoms with van der Waals surface area (Å²) in [5, 5.41) is 3.15. The van der Waals surface area contributed by atoms with Crippen molar-refractivity contribution in [2.24, 2.45) is 0 Å². The van der Waals surface area contributed by atoms with Crippen molar-refractivity contribution in [1.29, 1.82) is 0 Å². The molecule has 3 aromatic rings. The standard InChI is InChI=1S/C33H40FN3O4S/c1-3-26-16-11-13-21-30(26)37(42(2,40)41)24-32(38)36(23-27-17-10-12-20-29(27)34)31(22-25-14-6-4-7-15-25)33(39)35-28-18-8-5-9-19-28/h4,6-7,10-17,20-21,28,31H,3,5,8-9,18-19,22-24H2,1-2H3,(H,35,39). The highest BCUT2D eigenvalue weighted by molar-refractivity contribution is 7.92. The second-order valence-corrected chi connectivity index (χ2v) is 12.8. The maximum Gasteiger partial charge on any atom is 0.244 e. The van der Waals surface area contributed by atoms with Gasteiger partial charge in [0.1, 0.15) is 18.4 Å². The number of sulfonamides is 1. The van der Waals surface area contributed by atoms with E-state index in [1.807, 2.05) is 49.4 Å². The SMILES string of the molecule is CCc1ccccc1N(CC(=O)N(Cc1ccccc1F)C(Cc1ccccc1)C(=O)NC1CCCCC1)S(C)(=O)=O. The van der Waals surface area contributed by atoms with Crippen LogP contribution in [0, 0.1) is 5.82 Å². The molecule has 1 aliphatic rings. The van der Waals surface area contributed by atoms with Crippen molar-refractivity contribution in [2.75, 3.05) is 17.1 Å². The fourth-order valence-electron chi connectivity index (χ4n) is 5.56. The molecule has 224 valence electrons. The minimum absolute atomic E-state index is 0.00103. The Hall–Kier alpha value is -3.72. The van der Waals surface area contributed by atoms with E-state index in [9.17, 15) is 22.4 Å². The van der Waals surface area contributed by atoms with Gasteiger partial charge < -0.3 is 10.2 Å². The Labute approximate surface area is 248 Å². The zero-order valence-electron chi connectivity index (χ0n) is 24.3. The Kier molecular flexibility index (Phi) is 10.7. The van der Waals surface area contributed by atoms with E-state index in [0.29, 0.717) is 12.1 Å². The van der Waals surface area contributed by atoms with Crippen LogP contribution in [0.2, 0.25) is 0 Å². The molecule has 0 aliphatic heterocycles. The van der Waals surface area contributed by atoms with Crippen molar-refractivity contribution in [3.05, 3.63) is 101 Å². The highest BCUT2D eigenvalue weighted by Crippen LogP contribution is 2.25. The predicted molar refractivity (Wildman–Crippen MR) is 164 cm³/mol. The number of halogens is 1. The third-order valence-corrected chi connectivity index (χ3v) is 8.97. The number of para-hydroxylation sites is 1. The largest absolute Gasteiger partial charge is 0.352 e. The lowest BCUT2D eigenvalue weighted by atomic mass is 9.94. The van der Waals surface area contributed by atoms with Gasteiger partial charge in [0, 0.05) is 24.6 Å². The second kappa shape index (κ2) is 14.4. The molecule has 0 heterocycles. The molecule has 1 atom stereocenters. The van der Waals surface area contributed by atoms with Gasteiger partial charge in [-0.25, -0.2) is 12.8 Å². The monoisotopic (exact) mass is 593 g/mol. The van der Waals surface area contributed by atoms with Crippen molar-refractivity contribution in [3.8, 4) is 0 Å². The van der Waals surface area contributed by atoms with E-state index in [4.69, 9.17) is 0 Å². The highest BCUT2D eigenvalue weighted by Gasteiger charge is 2.34. The molecule has 4 rings (SSSR count). The van der Waals surface area contributed by atoms with Crippen LogP contribution in [-0.4, -0.2) is 50.0 Å². The molecule has 1 saturated carbocycles. The Balaban J connectivity index is 1.75. The van der Waals surface area contributed by atoms with Gasteiger partial charge >= 0.3 is 0 Å².